The Morgan fingerprint density at radius 2 is 1.90 bits per heavy atom. The largest absolute Gasteiger partial charge is 0.379 e. The topological polar surface area (TPSA) is 27.7 Å². The van der Waals surface area contributed by atoms with Crippen LogP contribution in [0.5, 0.6) is 0 Å². The van der Waals surface area contributed by atoms with Gasteiger partial charge in [0.15, 0.2) is 0 Å². The van der Waals surface area contributed by atoms with Crippen LogP contribution < -0.4 is 5.32 Å². The number of nitrogens with one attached hydrogen (secondary N) is 1. The van der Waals surface area contributed by atoms with Crippen molar-refractivity contribution in [2.75, 3.05) is 52.5 Å². The van der Waals surface area contributed by atoms with E-state index < -0.39 is 0 Å². The second-order valence-electron chi connectivity index (χ2n) is 6.82. The standard InChI is InChI=1S/C16H33N3O/c1-14(2)4-6-17-12-15(3)19-7-5-16(13-19)18-8-10-20-11-9-18/h14-17H,4-13H2,1-3H3. The van der Waals surface area contributed by atoms with Crippen LogP contribution in [0.1, 0.15) is 33.6 Å². The fourth-order valence-corrected chi connectivity index (χ4v) is 3.24. The third-order valence-corrected chi connectivity index (χ3v) is 4.72. The van der Waals surface area contributed by atoms with E-state index in [1.165, 1.54) is 25.9 Å². The van der Waals surface area contributed by atoms with Crippen LogP contribution in [0.25, 0.3) is 0 Å². The lowest BCUT2D eigenvalue weighted by molar-refractivity contribution is 0.0178. The molecule has 4 nitrogen and oxygen atoms in total. The first-order valence-electron chi connectivity index (χ1n) is 8.43. The summed E-state index contributed by atoms with van der Waals surface area (Å²) in [6.07, 6.45) is 2.61. The number of ether oxygens (including phenoxy) is 1. The molecule has 0 spiro atoms. The van der Waals surface area contributed by atoms with Gasteiger partial charge in [-0.15, -0.1) is 0 Å². The average Bonchev–Trinajstić information content (AvgIpc) is 2.94. The summed E-state index contributed by atoms with van der Waals surface area (Å²) < 4.78 is 5.45. The highest BCUT2D eigenvalue weighted by atomic mass is 16.5. The third-order valence-electron chi connectivity index (χ3n) is 4.72. The number of nitrogens with zero attached hydrogens (tertiary/aromatic N) is 2. The highest BCUT2D eigenvalue weighted by Gasteiger charge is 2.30. The molecular formula is C16H33N3O. The number of hydrogen-bond acceptors (Lipinski definition) is 4. The Kier molecular flexibility index (Phi) is 6.75. The van der Waals surface area contributed by atoms with Crippen molar-refractivity contribution >= 4 is 0 Å². The van der Waals surface area contributed by atoms with Crippen molar-refractivity contribution in [1.29, 1.82) is 0 Å². The van der Waals surface area contributed by atoms with Gasteiger partial charge >= 0.3 is 0 Å². The van der Waals surface area contributed by atoms with Gasteiger partial charge in [0, 0.05) is 44.8 Å². The molecule has 0 amide bonds. The average molecular weight is 283 g/mol. The molecule has 0 radical (unpaired) electrons. The van der Waals surface area contributed by atoms with E-state index in [0.29, 0.717) is 6.04 Å². The summed E-state index contributed by atoms with van der Waals surface area (Å²) in [4.78, 5) is 5.28. The van der Waals surface area contributed by atoms with E-state index in [4.69, 9.17) is 4.74 Å². The van der Waals surface area contributed by atoms with Crippen LogP contribution in [0, 0.1) is 5.92 Å². The molecule has 2 aliphatic heterocycles. The second-order valence-corrected chi connectivity index (χ2v) is 6.82. The second kappa shape index (κ2) is 8.32. The molecule has 0 aromatic rings. The first kappa shape index (κ1) is 16.2. The number of rotatable bonds is 7. The first-order chi connectivity index (χ1) is 9.66. The van der Waals surface area contributed by atoms with Crippen LogP contribution in [-0.4, -0.2) is 74.4 Å². The molecule has 1 N–H and O–H groups in total. The Morgan fingerprint density at radius 3 is 2.60 bits per heavy atom. The van der Waals surface area contributed by atoms with Crippen molar-refractivity contribution in [3.63, 3.8) is 0 Å². The van der Waals surface area contributed by atoms with Gasteiger partial charge in [-0.2, -0.15) is 0 Å². The van der Waals surface area contributed by atoms with Crippen molar-refractivity contribution in [2.24, 2.45) is 5.92 Å². The molecule has 2 saturated heterocycles. The van der Waals surface area contributed by atoms with Crippen molar-refractivity contribution in [3.8, 4) is 0 Å². The van der Waals surface area contributed by atoms with Gasteiger partial charge in [0.05, 0.1) is 13.2 Å². The number of likely N-dealkylation sites (tertiary alicyclic amines) is 1. The zero-order valence-corrected chi connectivity index (χ0v) is 13.6. The van der Waals surface area contributed by atoms with E-state index in [1.807, 2.05) is 0 Å². The van der Waals surface area contributed by atoms with Gasteiger partial charge in [-0.05, 0) is 32.2 Å². The minimum absolute atomic E-state index is 0.660. The SMILES string of the molecule is CC(C)CCNCC(C)N1CCC(N2CCOCC2)C1. The summed E-state index contributed by atoms with van der Waals surface area (Å²) in [7, 11) is 0. The highest BCUT2D eigenvalue weighted by molar-refractivity contribution is 4.87. The molecule has 2 fully saturated rings. The van der Waals surface area contributed by atoms with Gasteiger partial charge in [0.2, 0.25) is 0 Å². The van der Waals surface area contributed by atoms with Crippen LogP contribution in [0.4, 0.5) is 0 Å². The van der Waals surface area contributed by atoms with E-state index >= 15 is 0 Å². The van der Waals surface area contributed by atoms with Gasteiger partial charge in [-0.3, -0.25) is 9.80 Å². The fraction of sp³-hybridized carbons (Fsp3) is 1.00. The molecule has 2 aliphatic rings. The lowest BCUT2D eigenvalue weighted by Crippen LogP contribution is -2.46. The Balaban J connectivity index is 1.63. The predicted molar refractivity (Wildman–Crippen MR) is 84.2 cm³/mol. The Bertz CT molecular complexity index is 266. The first-order valence-corrected chi connectivity index (χ1v) is 8.43. The van der Waals surface area contributed by atoms with Crippen LogP contribution in [-0.2, 0) is 4.74 Å². The quantitative estimate of drug-likeness (QED) is 0.715. The van der Waals surface area contributed by atoms with Crippen LogP contribution in [0.3, 0.4) is 0 Å². The smallest absolute Gasteiger partial charge is 0.0594 e. The van der Waals surface area contributed by atoms with Gasteiger partial charge in [0.25, 0.3) is 0 Å². The van der Waals surface area contributed by atoms with Crippen molar-refractivity contribution in [2.45, 2.75) is 45.7 Å². The Hall–Kier alpha value is -0.160. The highest BCUT2D eigenvalue weighted by Crippen LogP contribution is 2.18. The summed E-state index contributed by atoms with van der Waals surface area (Å²) in [5.41, 5.74) is 0. The number of morpholine rings is 1. The molecule has 0 saturated carbocycles. The molecule has 2 atom stereocenters. The van der Waals surface area contributed by atoms with Crippen LogP contribution in [0.2, 0.25) is 0 Å². The van der Waals surface area contributed by atoms with Gasteiger partial charge in [0.1, 0.15) is 0 Å². The fourth-order valence-electron chi connectivity index (χ4n) is 3.24. The Morgan fingerprint density at radius 1 is 1.15 bits per heavy atom. The maximum atomic E-state index is 5.45. The van der Waals surface area contributed by atoms with Gasteiger partial charge in [-0.25, -0.2) is 0 Å². The summed E-state index contributed by atoms with van der Waals surface area (Å²) in [5, 5.41) is 3.61. The monoisotopic (exact) mass is 283 g/mol. The molecule has 0 bridgehead atoms. The summed E-state index contributed by atoms with van der Waals surface area (Å²) >= 11 is 0. The summed E-state index contributed by atoms with van der Waals surface area (Å²) in [6, 6.07) is 1.42. The molecule has 2 unspecified atom stereocenters. The zero-order valence-electron chi connectivity index (χ0n) is 13.6. The van der Waals surface area contributed by atoms with Crippen molar-refractivity contribution in [3.05, 3.63) is 0 Å². The molecule has 0 aliphatic carbocycles. The summed E-state index contributed by atoms with van der Waals surface area (Å²) in [6.45, 7) is 15.8. The van der Waals surface area contributed by atoms with E-state index in [0.717, 1.165) is 51.4 Å². The minimum Gasteiger partial charge on any atom is -0.379 e. The molecule has 118 valence electrons. The van der Waals surface area contributed by atoms with E-state index in [9.17, 15) is 0 Å². The predicted octanol–water partition coefficient (Wildman–Crippen LogP) is 1.42. The van der Waals surface area contributed by atoms with Gasteiger partial charge < -0.3 is 10.1 Å². The zero-order chi connectivity index (χ0) is 14.4. The van der Waals surface area contributed by atoms with Gasteiger partial charge in [-0.1, -0.05) is 13.8 Å². The lowest BCUT2D eigenvalue weighted by Gasteiger charge is -2.33. The van der Waals surface area contributed by atoms with Crippen molar-refractivity contribution < 1.29 is 4.74 Å². The van der Waals surface area contributed by atoms with E-state index in [-0.39, 0.29) is 0 Å². The van der Waals surface area contributed by atoms with Crippen molar-refractivity contribution in [1.82, 2.24) is 15.1 Å². The van der Waals surface area contributed by atoms with Crippen LogP contribution in [0.15, 0.2) is 0 Å². The maximum absolute atomic E-state index is 5.45. The summed E-state index contributed by atoms with van der Waals surface area (Å²) in [5.74, 6) is 0.801. The van der Waals surface area contributed by atoms with Crippen LogP contribution >= 0.6 is 0 Å². The maximum Gasteiger partial charge on any atom is 0.0594 e. The lowest BCUT2D eigenvalue weighted by atomic mass is 10.1. The molecule has 2 heterocycles. The minimum atomic E-state index is 0.660. The third kappa shape index (κ3) is 4.99. The normalized spacial score (nSPS) is 27.3. The number of hydrogen-bond donors (Lipinski definition) is 1. The molecule has 0 aromatic carbocycles. The molecule has 4 heteroatoms. The Labute approximate surface area is 124 Å². The molecule has 2 rings (SSSR count). The molecule has 0 aromatic heterocycles. The molecular weight excluding hydrogens is 250 g/mol. The van der Waals surface area contributed by atoms with E-state index in [2.05, 4.69) is 35.9 Å². The molecule has 20 heavy (non-hydrogen) atoms. The van der Waals surface area contributed by atoms with E-state index in [1.54, 1.807) is 0 Å².